The van der Waals surface area contributed by atoms with Crippen LogP contribution in [0.15, 0.2) is 163 Å². The lowest BCUT2D eigenvalue weighted by Gasteiger charge is -2.21. The molecule has 0 saturated heterocycles. The van der Waals surface area contributed by atoms with Crippen molar-refractivity contribution in [1.29, 1.82) is 0 Å². The molecule has 0 unspecified atom stereocenters. The third kappa shape index (κ3) is 6.35. The fourth-order valence-corrected chi connectivity index (χ4v) is 6.78. The summed E-state index contributed by atoms with van der Waals surface area (Å²) < 4.78 is 20.0. The zero-order valence-corrected chi connectivity index (χ0v) is 28.4. The van der Waals surface area contributed by atoms with Crippen molar-refractivity contribution in [3.63, 3.8) is 0 Å². The van der Waals surface area contributed by atoms with E-state index in [4.69, 9.17) is 0 Å². The van der Waals surface area contributed by atoms with Gasteiger partial charge in [-0.05, 0) is 51.4 Å². The van der Waals surface area contributed by atoms with Crippen molar-refractivity contribution in [2.24, 2.45) is 0 Å². The Morgan fingerprint density at radius 1 is 0.633 bits per heavy atom. The van der Waals surface area contributed by atoms with E-state index in [1.165, 1.54) is 5.56 Å². The molecule has 0 N–H and O–H groups in total. The Labute approximate surface area is 288 Å². The summed E-state index contributed by atoms with van der Waals surface area (Å²) >= 11 is 0. The van der Waals surface area contributed by atoms with Crippen LogP contribution in [0.5, 0.6) is 0 Å². The second kappa shape index (κ2) is 13.9. The Morgan fingerprint density at radius 3 is 1.63 bits per heavy atom. The fraction of sp³-hybridized carbons (Fsp3) is 0.133. The average Bonchev–Trinajstić information content (AvgIpc) is 3.68. The molecular formula is C45H41F2N2+. The molecule has 1 aromatic heterocycles. The van der Waals surface area contributed by atoms with E-state index in [9.17, 15) is 0 Å². The van der Waals surface area contributed by atoms with Gasteiger partial charge in [-0.15, -0.1) is 0 Å². The van der Waals surface area contributed by atoms with E-state index in [0.717, 1.165) is 67.3 Å². The number of allylic oxidation sites excluding steroid dienone is 2. The van der Waals surface area contributed by atoms with E-state index in [0.29, 0.717) is 0 Å². The maximum Gasteiger partial charge on any atom is 0.223 e. The highest BCUT2D eigenvalue weighted by molar-refractivity contribution is 6.15. The molecule has 0 radical (unpaired) electrons. The topological polar surface area (TPSA) is 7.94 Å². The summed E-state index contributed by atoms with van der Waals surface area (Å²) in [5, 5.41) is 0. The summed E-state index contributed by atoms with van der Waals surface area (Å²) in [4.78, 5) is 0. The molecule has 244 valence electrons. The highest BCUT2D eigenvalue weighted by Gasteiger charge is 2.36. The van der Waals surface area contributed by atoms with E-state index in [1.54, 1.807) is 0 Å². The Bertz CT molecular complexity index is 2150. The van der Waals surface area contributed by atoms with Gasteiger partial charge in [0.1, 0.15) is 7.05 Å². The van der Waals surface area contributed by atoms with Crippen LogP contribution in [0.3, 0.4) is 0 Å². The molecule has 6 aromatic rings. The molecule has 5 aromatic carbocycles. The van der Waals surface area contributed by atoms with E-state index < -0.39 is 6.80 Å². The van der Waals surface area contributed by atoms with E-state index in [-0.39, 0.29) is 10.1 Å². The molecule has 0 atom stereocenters. The normalized spacial score (nSPS) is 14.0. The van der Waals surface area contributed by atoms with Crippen molar-refractivity contribution < 1.29 is 13.7 Å². The van der Waals surface area contributed by atoms with Crippen LogP contribution in [0.2, 0.25) is 0 Å². The SMILES string of the molecule is C[N+]1=C(c2ccccc2)C=C(c2ccccc2)/C1=C(\c1ccc(C(C)(C)C)cc1)c1c(-c2ccccc2)cc(-c2ccccc2)n1CF.F. The Morgan fingerprint density at radius 2 is 1.12 bits per heavy atom. The molecule has 1 aliphatic rings. The van der Waals surface area contributed by atoms with E-state index in [2.05, 4.69) is 154 Å². The lowest BCUT2D eigenvalue weighted by Crippen LogP contribution is -2.15. The molecule has 49 heavy (non-hydrogen) atoms. The summed E-state index contributed by atoms with van der Waals surface area (Å²) in [5.41, 5.74) is 13.4. The standard InChI is InChI=1S/C45H40FN2.FH/c1-45(2,3)37-27-25-36(26-28-37)42(43-38(32-17-9-5-10-18-32)29-40(47(43)4)34-21-13-7-14-22-34)44-39(33-19-11-6-12-20-33)30-41(48(44)31-46)35-23-15-8-16-24-35;/h5-30H,31H2,1-4H3;1H/q+1;. The van der Waals surface area contributed by atoms with Gasteiger partial charge in [-0.1, -0.05) is 154 Å². The van der Waals surface area contributed by atoms with Crippen LogP contribution in [-0.2, 0) is 12.2 Å². The first-order valence-electron chi connectivity index (χ1n) is 16.5. The van der Waals surface area contributed by atoms with Crippen molar-refractivity contribution in [3.8, 4) is 22.4 Å². The molecule has 4 heteroatoms. The minimum atomic E-state index is -0.674. The third-order valence-corrected chi connectivity index (χ3v) is 9.27. The molecule has 0 spiro atoms. The zero-order valence-electron chi connectivity index (χ0n) is 28.4. The van der Waals surface area contributed by atoms with Crippen LogP contribution in [0.4, 0.5) is 9.09 Å². The first-order chi connectivity index (χ1) is 23.3. The molecule has 2 nitrogen and oxygen atoms in total. The number of hydrogen-bond acceptors (Lipinski definition) is 0. The first kappa shape index (κ1) is 33.3. The molecule has 7 rings (SSSR count). The molecule has 0 amide bonds. The number of alkyl halides is 1. The number of hydrogen-bond donors (Lipinski definition) is 0. The summed E-state index contributed by atoms with van der Waals surface area (Å²) in [7, 11) is 2.14. The maximum atomic E-state index is 15.8. The molecule has 0 saturated carbocycles. The molecule has 2 heterocycles. The van der Waals surface area contributed by atoms with Gasteiger partial charge in [0, 0.05) is 17.2 Å². The predicted octanol–water partition coefficient (Wildman–Crippen LogP) is 11.2. The smallest absolute Gasteiger partial charge is 0.223 e. The van der Waals surface area contributed by atoms with E-state index in [1.807, 2.05) is 41.0 Å². The van der Waals surface area contributed by atoms with Crippen molar-refractivity contribution in [2.45, 2.75) is 33.0 Å². The lowest BCUT2D eigenvalue weighted by molar-refractivity contribution is -0.430. The van der Waals surface area contributed by atoms with Crippen molar-refractivity contribution in [3.05, 3.63) is 191 Å². The van der Waals surface area contributed by atoms with Gasteiger partial charge in [0.2, 0.25) is 11.4 Å². The lowest BCUT2D eigenvalue weighted by atomic mass is 9.85. The molecule has 0 fully saturated rings. The van der Waals surface area contributed by atoms with Crippen LogP contribution in [-0.4, -0.2) is 21.9 Å². The third-order valence-electron chi connectivity index (χ3n) is 9.27. The summed E-state index contributed by atoms with van der Waals surface area (Å²) in [6.45, 7) is 6.03. The number of benzene rings is 5. The highest BCUT2D eigenvalue weighted by atomic mass is 19.1. The Kier molecular flexibility index (Phi) is 9.42. The molecule has 0 aliphatic carbocycles. The quantitative estimate of drug-likeness (QED) is 0.152. The second-order valence-corrected chi connectivity index (χ2v) is 13.4. The summed E-state index contributed by atoms with van der Waals surface area (Å²) in [5.74, 6) is 0. The van der Waals surface area contributed by atoms with Gasteiger partial charge in [-0.25, -0.2) is 4.39 Å². The van der Waals surface area contributed by atoms with Crippen LogP contribution in [0, 0.1) is 0 Å². The predicted molar refractivity (Wildman–Crippen MR) is 201 cm³/mol. The van der Waals surface area contributed by atoms with Crippen molar-refractivity contribution in [2.75, 3.05) is 7.05 Å². The number of halogens is 2. The summed E-state index contributed by atoms with van der Waals surface area (Å²) in [6, 6.07) is 52.6. The van der Waals surface area contributed by atoms with Crippen molar-refractivity contribution in [1.82, 2.24) is 4.57 Å². The number of likely N-dealkylation sites (N-methyl/N-ethyl adjacent to an activating group) is 1. The van der Waals surface area contributed by atoms with Gasteiger partial charge in [-0.3, -0.25) is 4.70 Å². The minimum Gasteiger partial charge on any atom is -0.311 e. The monoisotopic (exact) mass is 647 g/mol. The number of rotatable bonds is 7. The number of nitrogens with zero attached hydrogens (tertiary/aromatic N) is 2. The van der Waals surface area contributed by atoms with Gasteiger partial charge in [0.05, 0.1) is 22.5 Å². The van der Waals surface area contributed by atoms with Gasteiger partial charge in [0.15, 0.2) is 6.80 Å². The minimum absolute atomic E-state index is 0. The van der Waals surface area contributed by atoms with Crippen LogP contribution in [0.1, 0.15) is 48.7 Å². The molecule has 1 aliphatic heterocycles. The number of aromatic nitrogens is 1. The van der Waals surface area contributed by atoms with Gasteiger partial charge < -0.3 is 4.57 Å². The zero-order chi connectivity index (χ0) is 33.3. The average molecular weight is 648 g/mol. The van der Waals surface area contributed by atoms with Gasteiger partial charge >= 0.3 is 0 Å². The van der Waals surface area contributed by atoms with E-state index >= 15 is 4.39 Å². The molecule has 0 bridgehead atoms. The highest BCUT2D eigenvalue weighted by Crippen LogP contribution is 2.45. The Hall–Kier alpha value is -5.61. The second-order valence-electron chi connectivity index (χ2n) is 13.4. The summed E-state index contributed by atoms with van der Waals surface area (Å²) in [6.07, 6.45) is 2.28. The maximum absolute atomic E-state index is 15.8. The first-order valence-corrected chi connectivity index (χ1v) is 16.5. The van der Waals surface area contributed by atoms with Gasteiger partial charge in [0.25, 0.3) is 0 Å². The molecular weight excluding hydrogens is 607 g/mol. The van der Waals surface area contributed by atoms with Crippen LogP contribution >= 0.6 is 0 Å². The largest absolute Gasteiger partial charge is 0.311 e. The van der Waals surface area contributed by atoms with Crippen LogP contribution < -0.4 is 0 Å². The van der Waals surface area contributed by atoms with Crippen molar-refractivity contribution >= 4 is 16.9 Å². The Balaban J connectivity index is 0.00000417. The van der Waals surface area contributed by atoms with Gasteiger partial charge in [-0.2, -0.15) is 4.58 Å². The fourth-order valence-electron chi connectivity index (χ4n) is 6.78. The van der Waals surface area contributed by atoms with Crippen LogP contribution in [0.25, 0.3) is 33.5 Å².